The first kappa shape index (κ1) is 13.8. The topological polar surface area (TPSA) is 46.6 Å². The van der Waals surface area contributed by atoms with Gasteiger partial charge < -0.3 is 4.74 Å². The van der Waals surface area contributed by atoms with Gasteiger partial charge in [0, 0.05) is 25.1 Å². The molecule has 2 fully saturated rings. The number of rotatable bonds is 2. The highest BCUT2D eigenvalue weighted by Gasteiger charge is 2.42. The van der Waals surface area contributed by atoms with Gasteiger partial charge >= 0.3 is 0 Å². The summed E-state index contributed by atoms with van der Waals surface area (Å²) in [4.78, 5) is 0. The molecule has 0 radical (unpaired) electrons. The van der Waals surface area contributed by atoms with E-state index in [4.69, 9.17) is 16.3 Å². The summed E-state index contributed by atoms with van der Waals surface area (Å²) in [6, 6.07) is 3.23. The number of halogens is 1. The van der Waals surface area contributed by atoms with E-state index in [0.717, 1.165) is 37.2 Å². The number of hydrogen-bond acceptors (Lipinski definition) is 4. The standard InChI is InChI=1S/C12H16ClNO3S2/c13-10-2-3-11(18-10)19(15,16)14-6-1-4-12(8-14)5-7-17-9-12/h2-3H,1,4-9H2. The number of nitrogens with zero attached hydrogens (tertiary/aromatic N) is 1. The molecule has 0 aliphatic carbocycles. The first-order chi connectivity index (χ1) is 9.02. The first-order valence-electron chi connectivity index (χ1n) is 6.35. The van der Waals surface area contributed by atoms with Crippen LogP contribution in [-0.2, 0) is 14.8 Å². The Balaban J connectivity index is 1.85. The molecule has 0 amide bonds. The van der Waals surface area contributed by atoms with Crippen LogP contribution in [-0.4, -0.2) is 39.0 Å². The van der Waals surface area contributed by atoms with Crippen LogP contribution in [0.1, 0.15) is 19.3 Å². The average molecular weight is 322 g/mol. The van der Waals surface area contributed by atoms with Gasteiger partial charge in [-0.25, -0.2) is 8.42 Å². The van der Waals surface area contributed by atoms with Gasteiger partial charge in [0.25, 0.3) is 10.0 Å². The lowest BCUT2D eigenvalue weighted by molar-refractivity contribution is 0.105. The van der Waals surface area contributed by atoms with Gasteiger partial charge in [-0.15, -0.1) is 11.3 Å². The summed E-state index contributed by atoms with van der Waals surface area (Å²) in [5.41, 5.74) is 0.0341. The van der Waals surface area contributed by atoms with Crippen molar-refractivity contribution in [2.24, 2.45) is 5.41 Å². The second-order valence-electron chi connectivity index (χ2n) is 5.30. The SMILES string of the molecule is O=S(=O)(c1ccc(Cl)s1)N1CCCC2(CCOC2)C1. The van der Waals surface area contributed by atoms with Crippen LogP contribution in [0.5, 0.6) is 0 Å². The monoisotopic (exact) mass is 321 g/mol. The van der Waals surface area contributed by atoms with E-state index in [2.05, 4.69) is 0 Å². The number of sulfonamides is 1. The van der Waals surface area contributed by atoms with Crippen LogP contribution in [0, 0.1) is 5.41 Å². The minimum Gasteiger partial charge on any atom is -0.381 e. The molecular formula is C12H16ClNO3S2. The molecule has 3 rings (SSSR count). The van der Waals surface area contributed by atoms with E-state index in [9.17, 15) is 8.42 Å². The van der Waals surface area contributed by atoms with Crippen LogP contribution < -0.4 is 0 Å². The summed E-state index contributed by atoms with van der Waals surface area (Å²) < 4.78 is 33.1. The average Bonchev–Trinajstić information content (AvgIpc) is 3.00. The maximum Gasteiger partial charge on any atom is 0.252 e. The van der Waals surface area contributed by atoms with Crippen molar-refractivity contribution in [3.63, 3.8) is 0 Å². The van der Waals surface area contributed by atoms with Gasteiger partial charge in [0.15, 0.2) is 0 Å². The second-order valence-corrected chi connectivity index (χ2v) is 9.18. The van der Waals surface area contributed by atoms with Crippen LogP contribution in [0.15, 0.2) is 16.3 Å². The number of hydrogen-bond donors (Lipinski definition) is 0. The molecule has 19 heavy (non-hydrogen) atoms. The Morgan fingerprint density at radius 3 is 2.84 bits per heavy atom. The third-order valence-corrected chi connectivity index (χ3v) is 7.50. The number of piperidine rings is 1. The summed E-state index contributed by atoms with van der Waals surface area (Å²) >= 11 is 6.97. The Labute approximate surface area is 122 Å². The molecule has 0 N–H and O–H groups in total. The van der Waals surface area contributed by atoms with E-state index in [1.807, 2.05) is 0 Å². The lowest BCUT2D eigenvalue weighted by atomic mass is 9.80. The molecule has 7 heteroatoms. The van der Waals surface area contributed by atoms with Crippen molar-refractivity contribution >= 4 is 33.0 Å². The van der Waals surface area contributed by atoms with Gasteiger partial charge in [-0.1, -0.05) is 11.6 Å². The van der Waals surface area contributed by atoms with E-state index in [-0.39, 0.29) is 5.41 Å². The highest BCUT2D eigenvalue weighted by atomic mass is 35.5. The minimum atomic E-state index is -3.39. The highest BCUT2D eigenvalue weighted by Crippen LogP contribution is 2.40. The number of thiophene rings is 1. The number of ether oxygens (including phenoxy) is 1. The Morgan fingerprint density at radius 2 is 2.21 bits per heavy atom. The zero-order chi connectivity index (χ0) is 13.5. The highest BCUT2D eigenvalue weighted by molar-refractivity contribution is 7.91. The van der Waals surface area contributed by atoms with Crippen molar-refractivity contribution in [2.75, 3.05) is 26.3 Å². The van der Waals surface area contributed by atoms with Crippen molar-refractivity contribution in [1.29, 1.82) is 0 Å². The van der Waals surface area contributed by atoms with E-state index in [0.29, 0.717) is 28.2 Å². The van der Waals surface area contributed by atoms with E-state index in [1.54, 1.807) is 16.4 Å². The molecule has 106 valence electrons. The second kappa shape index (κ2) is 5.00. The van der Waals surface area contributed by atoms with E-state index in [1.165, 1.54) is 0 Å². The lowest BCUT2D eigenvalue weighted by Gasteiger charge is -2.38. The molecule has 1 atom stereocenters. The predicted octanol–water partition coefficient (Wildman–Crippen LogP) is 2.59. The third kappa shape index (κ3) is 2.56. The van der Waals surface area contributed by atoms with Crippen molar-refractivity contribution in [1.82, 2.24) is 4.31 Å². The fourth-order valence-electron chi connectivity index (χ4n) is 2.90. The quantitative estimate of drug-likeness (QED) is 0.841. The fourth-order valence-corrected chi connectivity index (χ4v) is 6.13. The largest absolute Gasteiger partial charge is 0.381 e. The van der Waals surface area contributed by atoms with Crippen LogP contribution in [0.3, 0.4) is 0 Å². The molecule has 1 spiro atoms. The molecule has 1 aromatic rings. The summed E-state index contributed by atoms with van der Waals surface area (Å²) in [6.45, 7) is 2.60. The van der Waals surface area contributed by atoms with Gasteiger partial charge in [0.2, 0.25) is 0 Å². The molecule has 0 saturated carbocycles. The van der Waals surface area contributed by atoms with Gasteiger partial charge in [0.1, 0.15) is 4.21 Å². The summed E-state index contributed by atoms with van der Waals surface area (Å²) in [5, 5.41) is 0. The van der Waals surface area contributed by atoms with Crippen LogP contribution in [0.4, 0.5) is 0 Å². The Kier molecular flexibility index (Phi) is 3.64. The maximum atomic E-state index is 12.6. The minimum absolute atomic E-state index is 0.0341. The molecule has 4 nitrogen and oxygen atoms in total. The van der Waals surface area contributed by atoms with Crippen molar-refractivity contribution in [2.45, 2.75) is 23.5 Å². The fraction of sp³-hybridized carbons (Fsp3) is 0.667. The molecule has 2 aliphatic heterocycles. The maximum absolute atomic E-state index is 12.6. The van der Waals surface area contributed by atoms with Gasteiger partial charge in [-0.2, -0.15) is 4.31 Å². The zero-order valence-electron chi connectivity index (χ0n) is 10.5. The molecular weight excluding hydrogens is 306 g/mol. The van der Waals surface area contributed by atoms with Crippen molar-refractivity contribution in [3.8, 4) is 0 Å². The van der Waals surface area contributed by atoms with Gasteiger partial charge in [0.05, 0.1) is 10.9 Å². The molecule has 0 bridgehead atoms. The summed E-state index contributed by atoms with van der Waals surface area (Å²) in [5.74, 6) is 0. The van der Waals surface area contributed by atoms with Crippen LogP contribution in [0.25, 0.3) is 0 Å². The Morgan fingerprint density at radius 1 is 1.37 bits per heavy atom. The molecule has 2 saturated heterocycles. The smallest absolute Gasteiger partial charge is 0.252 e. The third-order valence-electron chi connectivity index (χ3n) is 3.95. The Bertz CT molecular complexity index is 563. The van der Waals surface area contributed by atoms with E-state index >= 15 is 0 Å². The molecule has 3 heterocycles. The Hall–Kier alpha value is -0.140. The van der Waals surface area contributed by atoms with Crippen LogP contribution >= 0.6 is 22.9 Å². The molecule has 1 unspecified atom stereocenters. The van der Waals surface area contributed by atoms with Gasteiger partial charge in [-0.05, 0) is 31.4 Å². The van der Waals surface area contributed by atoms with Crippen molar-refractivity contribution < 1.29 is 13.2 Å². The normalized spacial score (nSPS) is 29.1. The van der Waals surface area contributed by atoms with Crippen LogP contribution in [0.2, 0.25) is 4.34 Å². The van der Waals surface area contributed by atoms with Gasteiger partial charge in [-0.3, -0.25) is 0 Å². The molecule has 0 aromatic carbocycles. The predicted molar refractivity (Wildman–Crippen MR) is 75.2 cm³/mol. The molecule has 1 aromatic heterocycles. The van der Waals surface area contributed by atoms with Crippen molar-refractivity contribution in [3.05, 3.63) is 16.5 Å². The first-order valence-corrected chi connectivity index (χ1v) is 8.99. The summed E-state index contributed by atoms with van der Waals surface area (Å²) in [6.07, 6.45) is 2.93. The zero-order valence-corrected chi connectivity index (χ0v) is 12.9. The summed E-state index contributed by atoms with van der Waals surface area (Å²) in [7, 11) is -3.39. The molecule has 2 aliphatic rings. The lowest BCUT2D eigenvalue weighted by Crippen LogP contribution is -2.46. The van der Waals surface area contributed by atoms with E-state index < -0.39 is 10.0 Å².